The number of pyridine rings is 1. The first kappa shape index (κ1) is 36.5. The molecule has 1 radical (unpaired) electrons. The minimum absolute atomic E-state index is 0. The van der Waals surface area contributed by atoms with Crippen LogP contribution in [0.1, 0.15) is 93.2 Å². The smallest absolute Gasteiger partial charge is 0.0160 e. The standard InChI is InChI=1S/C45H52N.Ir/c1-42(2,3)30-44(7,8)39-21-17-32(18-22-39)36-27-37(33-19-23-40(24-20-33)45(9,10)31-43(4,5)6)29-38(28-36)34-14-13-15-35(26-34)41-16-11-12-25-46-41;/h11-14,16-29H,30-31H2,1-10H3;/q-1;. The minimum Gasteiger partial charge on any atom is -0.305 e. The van der Waals surface area contributed by atoms with Crippen LogP contribution in [0.4, 0.5) is 0 Å². The van der Waals surface area contributed by atoms with E-state index in [0.29, 0.717) is 0 Å². The van der Waals surface area contributed by atoms with Gasteiger partial charge in [-0.05, 0) is 103 Å². The van der Waals surface area contributed by atoms with Crippen LogP contribution in [0.2, 0.25) is 0 Å². The molecule has 0 aliphatic heterocycles. The summed E-state index contributed by atoms with van der Waals surface area (Å²) in [5.41, 5.74) is 12.7. The Morgan fingerprint density at radius 2 is 0.936 bits per heavy atom. The average Bonchev–Trinajstić information content (AvgIpc) is 2.99. The van der Waals surface area contributed by atoms with Crippen molar-refractivity contribution in [3.8, 4) is 44.6 Å². The van der Waals surface area contributed by atoms with Gasteiger partial charge in [-0.3, -0.25) is 0 Å². The van der Waals surface area contributed by atoms with Gasteiger partial charge in [0, 0.05) is 26.3 Å². The zero-order chi connectivity index (χ0) is 33.3. The third kappa shape index (κ3) is 9.40. The van der Waals surface area contributed by atoms with Gasteiger partial charge in [-0.2, -0.15) is 0 Å². The molecule has 247 valence electrons. The molecular formula is C45H52IrN-. The maximum Gasteiger partial charge on any atom is 0.0160 e. The molecule has 0 spiro atoms. The Hall–Kier alpha value is -3.32. The van der Waals surface area contributed by atoms with E-state index in [-0.39, 0.29) is 41.8 Å². The molecular weight excluding hydrogens is 747 g/mol. The van der Waals surface area contributed by atoms with Crippen LogP contribution in [-0.4, -0.2) is 4.98 Å². The van der Waals surface area contributed by atoms with Gasteiger partial charge in [0.25, 0.3) is 0 Å². The van der Waals surface area contributed by atoms with Crippen LogP contribution >= 0.6 is 0 Å². The zero-order valence-electron chi connectivity index (χ0n) is 30.1. The SMILES string of the molecule is CC(C)(C)CC(C)(C)c1ccc(-c2cc(-c3ccc(C(C)(C)CC(C)(C)C)cc3)cc(-c3cc[c-]c(-c4ccccn4)c3)c2)cc1.[Ir]. The van der Waals surface area contributed by atoms with Crippen LogP contribution in [0.15, 0.2) is 109 Å². The van der Waals surface area contributed by atoms with Gasteiger partial charge in [0.05, 0.1) is 0 Å². The predicted octanol–water partition coefficient (Wildman–Crippen LogP) is 13.0. The number of hydrogen-bond donors (Lipinski definition) is 0. The van der Waals surface area contributed by atoms with Gasteiger partial charge in [0.1, 0.15) is 0 Å². The van der Waals surface area contributed by atoms with E-state index < -0.39 is 0 Å². The van der Waals surface area contributed by atoms with Crippen LogP contribution < -0.4 is 0 Å². The Labute approximate surface area is 298 Å². The molecule has 0 atom stereocenters. The molecule has 0 saturated carbocycles. The van der Waals surface area contributed by atoms with Gasteiger partial charge in [0.2, 0.25) is 0 Å². The molecule has 2 heteroatoms. The quantitative estimate of drug-likeness (QED) is 0.143. The largest absolute Gasteiger partial charge is 0.305 e. The van der Waals surface area contributed by atoms with Crippen LogP contribution in [0, 0.1) is 16.9 Å². The van der Waals surface area contributed by atoms with Crippen LogP contribution in [0.3, 0.4) is 0 Å². The van der Waals surface area contributed by atoms with Crippen molar-refractivity contribution in [1.82, 2.24) is 4.98 Å². The van der Waals surface area contributed by atoms with Gasteiger partial charge in [0.15, 0.2) is 0 Å². The molecule has 0 unspecified atom stereocenters. The summed E-state index contributed by atoms with van der Waals surface area (Å²) in [5.74, 6) is 0. The molecule has 5 rings (SSSR count). The van der Waals surface area contributed by atoms with Crippen LogP contribution in [-0.2, 0) is 30.9 Å². The molecule has 47 heavy (non-hydrogen) atoms. The minimum atomic E-state index is 0. The molecule has 1 nitrogen and oxygen atoms in total. The van der Waals surface area contributed by atoms with E-state index in [0.717, 1.165) is 29.7 Å². The van der Waals surface area contributed by atoms with E-state index in [2.05, 4.69) is 159 Å². The van der Waals surface area contributed by atoms with E-state index in [9.17, 15) is 0 Å². The van der Waals surface area contributed by atoms with Crippen molar-refractivity contribution in [2.75, 3.05) is 0 Å². The summed E-state index contributed by atoms with van der Waals surface area (Å²) in [4.78, 5) is 4.58. The number of nitrogens with zero attached hydrogens (tertiary/aromatic N) is 1. The van der Waals surface area contributed by atoms with Gasteiger partial charge in [-0.1, -0.05) is 130 Å². The second-order valence-corrected chi connectivity index (χ2v) is 16.9. The molecule has 1 aromatic heterocycles. The Morgan fingerprint density at radius 3 is 1.34 bits per heavy atom. The molecule has 1 heterocycles. The summed E-state index contributed by atoms with van der Waals surface area (Å²) in [7, 11) is 0. The van der Waals surface area contributed by atoms with Gasteiger partial charge >= 0.3 is 0 Å². The summed E-state index contributed by atoms with van der Waals surface area (Å²) in [6.45, 7) is 23.4. The monoisotopic (exact) mass is 799 g/mol. The van der Waals surface area contributed by atoms with Gasteiger partial charge in [-0.25, -0.2) is 0 Å². The topological polar surface area (TPSA) is 12.9 Å². The second kappa shape index (κ2) is 14.0. The van der Waals surface area contributed by atoms with Crippen molar-refractivity contribution in [3.05, 3.63) is 127 Å². The maximum atomic E-state index is 4.58. The molecule has 0 saturated heterocycles. The number of benzene rings is 4. The fraction of sp³-hybridized carbons (Fsp3) is 0.356. The van der Waals surface area contributed by atoms with E-state index in [4.69, 9.17) is 0 Å². The van der Waals surface area contributed by atoms with Crippen molar-refractivity contribution in [3.63, 3.8) is 0 Å². The van der Waals surface area contributed by atoms with Gasteiger partial charge in [-0.15, -0.1) is 35.4 Å². The predicted molar refractivity (Wildman–Crippen MR) is 199 cm³/mol. The average molecular weight is 799 g/mol. The third-order valence-electron chi connectivity index (χ3n) is 8.95. The number of rotatable bonds is 8. The van der Waals surface area contributed by atoms with E-state index >= 15 is 0 Å². The van der Waals surface area contributed by atoms with Crippen molar-refractivity contribution < 1.29 is 20.1 Å². The summed E-state index contributed by atoms with van der Waals surface area (Å²) in [5, 5.41) is 0. The molecule has 0 fully saturated rings. The van der Waals surface area contributed by atoms with Crippen molar-refractivity contribution in [2.45, 2.75) is 92.9 Å². The van der Waals surface area contributed by atoms with Crippen molar-refractivity contribution in [1.29, 1.82) is 0 Å². The first-order valence-electron chi connectivity index (χ1n) is 16.8. The van der Waals surface area contributed by atoms with E-state index in [1.807, 2.05) is 30.5 Å². The third-order valence-corrected chi connectivity index (χ3v) is 8.95. The first-order chi connectivity index (χ1) is 21.5. The van der Waals surface area contributed by atoms with Crippen LogP contribution in [0.25, 0.3) is 44.6 Å². The first-order valence-corrected chi connectivity index (χ1v) is 16.8. The summed E-state index contributed by atoms with van der Waals surface area (Å²) >= 11 is 0. The Morgan fingerprint density at radius 1 is 0.489 bits per heavy atom. The van der Waals surface area contributed by atoms with E-state index in [1.165, 1.54) is 38.9 Å². The second-order valence-electron chi connectivity index (χ2n) is 16.9. The summed E-state index contributed by atoms with van der Waals surface area (Å²) in [6, 6.07) is 41.4. The van der Waals surface area contributed by atoms with Gasteiger partial charge < -0.3 is 4.98 Å². The number of hydrogen-bond acceptors (Lipinski definition) is 1. The molecule has 0 bridgehead atoms. The number of aromatic nitrogens is 1. The normalized spacial score (nSPS) is 12.5. The molecule has 0 aliphatic carbocycles. The Balaban J connectivity index is 0.00000500. The molecule has 0 aliphatic rings. The summed E-state index contributed by atoms with van der Waals surface area (Å²) in [6.07, 6.45) is 4.10. The molecule has 5 aromatic rings. The molecule has 0 amide bonds. The van der Waals surface area contributed by atoms with Crippen LogP contribution in [0.5, 0.6) is 0 Å². The fourth-order valence-electron chi connectivity index (χ4n) is 7.53. The zero-order valence-corrected chi connectivity index (χ0v) is 32.5. The van der Waals surface area contributed by atoms with Crippen molar-refractivity contribution >= 4 is 0 Å². The van der Waals surface area contributed by atoms with Crippen molar-refractivity contribution in [2.24, 2.45) is 10.8 Å². The molecule has 0 N–H and O–H groups in total. The Bertz CT molecular complexity index is 1670. The Kier molecular flexibility index (Phi) is 10.9. The van der Waals surface area contributed by atoms with E-state index in [1.54, 1.807) is 0 Å². The maximum absolute atomic E-state index is 4.58. The molecule has 4 aromatic carbocycles. The summed E-state index contributed by atoms with van der Waals surface area (Å²) < 4.78 is 0. The fourth-order valence-corrected chi connectivity index (χ4v) is 7.53.